The number of phenolic OH excluding ortho intramolecular Hbond substituents is 1. The number of carbonyl (C=O) groups excluding carboxylic acids is 3. The second-order valence-corrected chi connectivity index (χ2v) is 23.0. The third-order valence-electron chi connectivity index (χ3n) is 19.7. The van der Waals surface area contributed by atoms with Crippen molar-refractivity contribution < 1.29 is 49.0 Å². The van der Waals surface area contributed by atoms with Gasteiger partial charge in [0.1, 0.15) is 17.7 Å². The molecule has 2 saturated heterocycles. The van der Waals surface area contributed by atoms with Crippen LogP contribution >= 0.6 is 0 Å². The lowest BCUT2D eigenvalue weighted by atomic mass is 9.50. The number of aromatic hydroxyl groups is 1. The maximum Gasteiger partial charge on any atom is 0.332 e. The van der Waals surface area contributed by atoms with E-state index in [1.54, 1.807) is 13.0 Å². The maximum atomic E-state index is 16.0. The molecule has 14 atom stereocenters. The lowest BCUT2D eigenvalue weighted by Crippen LogP contribution is -2.69. The van der Waals surface area contributed by atoms with E-state index in [1.807, 2.05) is 0 Å². The number of rotatable bonds is 8. The Hall–Kier alpha value is -3.63. The van der Waals surface area contributed by atoms with Crippen molar-refractivity contribution in [2.24, 2.45) is 57.7 Å². The SMILES string of the molecule is CC(=O)OC1C2C=CC3CCCC34CC3CCCCC3(NC4=O)C(=O)OC2C2(CCNCC2)C2c3ccc(O)c4c3C(CC2C#CCC(CC(C)O)C1CCCO)C(C1(CO)CCCC1)CO4. The van der Waals surface area contributed by atoms with Crippen molar-refractivity contribution in [2.45, 2.75) is 172 Å². The van der Waals surface area contributed by atoms with Gasteiger partial charge in [-0.15, -0.1) is 5.92 Å². The Balaban J connectivity index is 1.25. The topological polar surface area (TPSA) is 184 Å². The summed E-state index contributed by atoms with van der Waals surface area (Å²) >= 11 is 0. The summed E-state index contributed by atoms with van der Waals surface area (Å²) in [6, 6.07) is 3.82. The highest BCUT2D eigenvalue weighted by atomic mass is 16.6. The fourth-order valence-electron chi connectivity index (χ4n) is 16.7. The van der Waals surface area contributed by atoms with Crippen LogP contribution in [0.15, 0.2) is 24.3 Å². The van der Waals surface area contributed by atoms with Crippen LogP contribution in [0.2, 0.25) is 0 Å². The predicted octanol–water partition coefficient (Wildman–Crippen LogP) is 6.96. The molecule has 0 aromatic heterocycles. The lowest BCUT2D eigenvalue weighted by molar-refractivity contribution is -0.192. The molecule has 6 N–H and O–H groups in total. The number of ether oxygens (including phenoxy) is 3. The minimum atomic E-state index is -1.19. The number of esters is 2. The Kier molecular flexibility index (Phi) is 13.1. The fourth-order valence-corrected chi connectivity index (χ4v) is 16.7. The third kappa shape index (κ3) is 7.83. The average Bonchev–Trinajstić information content (AvgIpc) is 3.97. The number of aliphatic hydroxyl groups is 3. The van der Waals surface area contributed by atoms with Crippen molar-refractivity contribution in [3.8, 4) is 23.3 Å². The summed E-state index contributed by atoms with van der Waals surface area (Å²) in [5.74, 6) is 5.28. The Morgan fingerprint density at radius 2 is 1.79 bits per heavy atom. The summed E-state index contributed by atoms with van der Waals surface area (Å²) in [4.78, 5) is 44.6. The first-order chi connectivity index (χ1) is 32.4. The largest absolute Gasteiger partial charge is 0.504 e. The molecule has 366 valence electrons. The molecule has 10 aliphatic rings. The van der Waals surface area contributed by atoms with E-state index < -0.39 is 52.5 Å². The van der Waals surface area contributed by atoms with Gasteiger partial charge in [-0.1, -0.05) is 56.2 Å². The molecule has 5 fully saturated rings. The number of carbonyl (C=O) groups is 3. The summed E-state index contributed by atoms with van der Waals surface area (Å²) in [6.45, 7) is 4.91. The number of aliphatic hydroxyl groups excluding tert-OH is 3. The van der Waals surface area contributed by atoms with Crippen molar-refractivity contribution in [3.63, 3.8) is 0 Å². The molecular formula is C55H76N2O10. The molecule has 11 rings (SSSR count). The van der Waals surface area contributed by atoms with E-state index >= 15 is 4.79 Å². The van der Waals surface area contributed by atoms with Gasteiger partial charge in [0.2, 0.25) is 5.91 Å². The van der Waals surface area contributed by atoms with Gasteiger partial charge in [0.25, 0.3) is 0 Å². The average molecular weight is 925 g/mol. The summed E-state index contributed by atoms with van der Waals surface area (Å²) in [5, 5.41) is 51.7. The highest BCUT2D eigenvalue weighted by Crippen LogP contribution is 2.66. The van der Waals surface area contributed by atoms with Crippen LogP contribution in [0.4, 0.5) is 0 Å². The zero-order valence-electron chi connectivity index (χ0n) is 39.9. The van der Waals surface area contributed by atoms with Gasteiger partial charge >= 0.3 is 11.9 Å². The van der Waals surface area contributed by atoms with E-state index in [0.29, 0.717) is 83.2 Å². The summed E-state index contributed by atoms with van der Waals surface area (Å²) in [7, 11) is 0. The molecular weight excluding hydrogens is 849 g/mol. The highest BCUT2D eigenvalue weighted by molar-refractivity contribution is 5.93. The van der Waals surface area contributed by atoms with Crippen LogP contribution in [-0.4, -0.2) is 95.0 Å². The number of nitrogens with one attached hydrogen (secondary N) is 2. The molecule has 2 bridgehead atoms. The number of allylic oxidation sites excluding steroid dienone is 1. The van der Waals surface area contributed by atoms with Crippen LogP contribution in [0, 0.1) is 69.5 Å². The van der Waals surface area contributed by atoms with E-state index in [1.165, 1.54) is 6.92 Å². The van der Waals surface area contributed by atoms with E-state index in [0.717, 1.165) is 75.3 Å². The molecule has 5 aliphatic carbocycles. The van der Waals surface area contributed by atoms with Gasteiger partial charge in [0.15, 0.2) is 11.5 Å². The Labute approximate surface area is 397 Å². The van der Waals surface area contributed by atoms with E-state index in [9.17, 15) is 30.0 Å². The summed E-state index contributed by atoms with van der Waals surface area (Å²) < 4.78 is 21.0. The van der Waals surface area contributed by atoms with E-state index in [2.05, 4.69) is 40.7 Å². The van der Waals surface area contributed by atoms with Crippen molar-refractivity contribution >= 4 is 17.8 Å². The standard InChI is InChI=1S/C55H76N2O10/c1-33(60)28-35-10-7-11-36-29-42-43(52(32-59)19-5-6-20-52)31-65-48-44(62)18-17-40(45(42)48)46(36)53(23-25-56-26-24-53)49-41(47(66-34(2)61)39(35)14-9-27-58)16-15-37-13-8-21-54(37)30-38-12-3-4-22-55(38,51(64)67-49)57-50(54)63/h15-18,33,35-39,41-43,46-47,49,56,58-60,62H,3-6,8-10,12-14,19-32H2,1-2H3,(H,57,63). The van der Waals surface area contributed by atoms with Crippen LogP contribution in [-0.2, 0) is 23.9 Å². The maximum absolute atomic E-state index is 16.0. The van der Waals surface area contributed by atoms with Crippen molar-refractivity contribution in [2.75, 3.05) is 32.9 Å². The summed E-state index contributed by atoms with van der Waals surface area (Å²) in [6.07, 6.45) is 15.8. The second-order valence-electron chi connectivity index (χ2n) is 23.0. The number of benzene rings is 1. The van der Waals surface area contributed by atoms with Gasteiger partial charge < -0.3 is 45.3 Å². The Bertz CT molecular complexity index is 2130. The van der Waals surface area contributed by atoms with Gasteiger partial charge in [-0.05, 0) is 139 Å². The molecule has 14 unspecified atom stereocenters. The molecule has 1 aromatic rings. The van der Waals surface area contributed by atoms with Crippen molar-refractivity contribution in [1.29, 1.82) is 0 Å². The minimum absolute atomic E-state index is 0.00283. The van der Waals surface area contributed by atoms with E-state index in [-0.39, 0.29) is 77.6 Å². The number of hydrogen-bond donors (Lipinski definition) is 6. The predicted molar refractivity (Wildman–Crippen MR) is 250 cm³/mol. The molecule has 1 aromatic carbocycles. The van der Waals surface area contributed by atoms with Crippen LogP contribution < -0.4 is 15.4 Å². The number of phenols is 1. The minimum Gasteiger partial charge on any atom is -0.504 e. The molecule has 5 heterocycles. The molecule has 3 spiro atoms. The number of hydrogen-bond acceptors (Lipinski definition) is 11. The quantitative estimate of drug-likeness (QED) is 0.0901. The van der Waals surface area contributed by atoms with Gasteiger partial charge in [0.05, 0.1) is 24.0 Å². The number of amides is 1. The lowest BCUT2D eigenvalue weighted by Gasteiger charge is -2.57. The first-order valence-electron chi connectivity index (χ1n) is 26.4. The van der Waals surface area contributed by atoms with Gasteiger partial charge in [-0.25, -0.2) is 4.79 Å². The van der Waals surface area contributed by atoms with E-state index in [4.69, 9.17) is 14.2 Å². The Morgan fingerprint density at radius 1 is 1.00 bits per heavy atom. The summed E-state index contributed by atoms with van der Waals surface area (Å²) in [5.41, 5.74) is -0.950. The van der Waals surface area contributed by atoms with Crippen molar-refractivity contribution in [3.05, 3.63) is 35.4 Å². The molecule has 5 aliphatic heterocycles. The smallest absolute Gasteiger partial charge is 0.332 e. The highest BCUT2D eigenvalue weighted by Gasteiger charge is 2.65. The van der Waals surface area contributed by atoms with Crippen LogP contribution in [0.3, 0.4) is 0 Å². The van der Waals surface area contributed by atoms with Crippen LogP contribution in [0.5, 0.6) is 11.5 Å². The number of piperidine rings is 2. The number of fused-ring (bicyclic) bond motifs is 5. The zero-order chi connectivity index (χ0) is 46.7. The second kappa shape index (κ2) is 18.6. The molecule has 12 heteroatoms. The zero-order valence-corrected chi connectivity index (χ0v) is 39.9. The first kappa shape index (κ1) is 47.1. The molecule has 3 saturated carbocycles. The fraction of sp³-hybridized carbons (Fsp3) is 0.764. The molecule has 67 heavy (non-hydrogen) atoms. The van der Waals surface area contributed by atoms with Gasteiger partial charge in [-0.2, -0.15) is 0 Å². The molecule has 1 amide bonds. The van der Waals surface area contributed by atoms with Crippen molar-refractivity contribution in [1.82, 2.24) is 10.6 Å². The van der Waals surface area contributed by atoms with Gasteiger partial charge in [0, 0.05) is 66.6 Å². The van der Waals surface area contributed by atoms with Gasteiger partial charge in [-0.3, -0.25) is 9.59 Å². The molecule has 12 nitrogen and oxygen atoms in total. The first-order valence-corrected chi connectivity index (χ1v) is 26.4. The van der Waals surface area contributed by atoms with Crippen LogP contribution in [0.25, 0.3) is 0 Å². The third-order valence-corrected chi connectivity index (χ3v) is 19.7. The molecule has 0 radical (unpaired) electrons. The van der Waals surface area contributed by atoms with Crippen LogP contribution in [0.1, 0.15) is 159 Å². The Morgan fingerprint density at radius 3 is 2.54 bits per heavy atom. The monoisotopic (exact) mass is 925 g/mol. The normalized spacial score (nSPS) is 39.7.